The highest BCUT2D eigenvalue weighted by molar-refractivity contribution is 5.95. The number of amides is 1. The number of aromatic nitrogens is 2. The second-order valence-corrected chi connectivity index (χ2v) is 7.78. The number of hydrogen-bond donors (Lipinski definition) is 1. The summed E-state index contributed by atoms with van der Waals surface area (Å²) < 4.78 is 7.26. The summed E-state index contributed by atoms with van der Waals surface area (Å²) >= 11 is 0. The lowest BCUT2D eigenvalue weighted by Gasteiger charge is -2.26. The van der Waals surface area contributed by atoms with Crippen LogP contribution in [0.1, 0.15) is 60.5 Å². The molecular weight excluding hydrogens is 352 g/mol. The van der Waals surface area contributed by atoms with Gasteiger partial charge in [0.1, 0.15) is 5.75 Å². The third-order valence-electron chi connectivity index (χ3n) is 5.97. The van der Waals surface area contributed by atoms with Crippen LogP contribution in [0.25, 0.3) is 5.69 Å². The standard InChI is InChI=1S/C22H30N4O2/c1-28-19-8-6-18(7-9-19)26-21(17-10-12-23-13-11-17)20(16-24-26)22(27)25-14-4-2-3-5-15-25/h6-9,16-17,23H,2-5,10-15H2,1H3. The van der Waals surface area contributed by atoms with Gasteiger partial charge in [-0.05, 0) is 63.0 Å². The highest BCUT2D eigenvalue weighted by Crippen LogP contribution is 2.31. The number of nitrogens with zero attached hydrogens (tertiary/aromatic N) is 3. The molecule has 3 heterocycles. The van der Waals surface area contributed by atoms with Gasteiger partial charge in [0, 0.05) is 19.0 Å². The van der Waals surface area contributed by atoms with E-state index in [1.807, 2.05) is 33.8 Å². The normalized spacial score (nSPS) is 18.7. The van der Waals surface area contributed by atoms with Gasteiger partial charge in [-0.25, -0.2) is 4.68 Å². The van der Waals surface area contributed by atoms with Crippen molar-refractivity contribution in [2.45, 2.75) is 44.4 Å². The quantitative estimate of drug-likeness (QED) is 0.881. The van der Waals surface area contributed by atoms with Crippen molar-refractivity contribution in [3.8, 4) is 11.4 Å². The van der Waals surface area contributed by atoms with Crippen molar-refractivity contribution in [3.63, 3.8) is 0 Å². The summed E-state index contributed by atoms with van der Waals surface area (Å²) in [6.07, 6.45) is 8.48. The molecule has 0 saturated carbocycles. The Morgan fingerprint density at radius 2 is 1.75 bits per heavy atom. The average Bonchev–Trinajstić information content (AvgIpc) is 3.01. The van der Waals surface area contributed by atoms with E-state index >= 15 is 0 Å². The molecular formula is C22H30N4O2. The van der Waals surface area contributed by atoms with Gasteiger partial charge in [0.15, 0.2) is 0 Å². The molecule has 150 valence electrons. The van der Waals surface area contributed by atoms with Crippen LogP contribution in [0.4, 0.5) is 0 Å². The molecule has 0 unspecified atom stereocenters. The molecule has 1 aromatic carbocycles. The Kier molecular flexibility index (Phi) is 5.95. The highest BCUT2D eigenvalue weighted by Gasteiger charge is 2.29. The number of carbonyl (C=O) groups excluding carboxylic acids is 1. The number of piperidine rings is 1. The van der Waals surface area contributed by atoms with E-state index < -0.39 is 0 Å². The van der Waals surface area contributed by atoms with Crippen LogP contribution in [0.2, 0.25) is 0 Å². The van der Waals surface area contributed by atoms with Crippen molar-refractivity contribution >= 4 is 5.91 Å². The molecule has 0 spiro atoms. The molecule has 0 bridgehead atoms. The Bertz CT molecular complexity index is 785. The van der Waals surface area contributed by atoms with E-state index in [1.165, 1.54) is 12.8 Å². The maximum atomic E-state index is 13.4. The van der Waals surface area contributed by atoms with Gasteiger partial charge in [-0.3, -0.25) is 4.79 Å². The van der Waals surface area contributed by atoms with Crippen LogP contribution in [-0.4, -0.2) is 53.9 Å². The number of carbonyl (C=O) groups is 1. The fraction of sp³-hybridized carbons (Fsp3) is 0.545. The summed E-state index contributed by atoms with van der Waals surface area (Å²) in [7, 11) is 1.67. The van der Waals surface area contributed by atoms with E-state index in [0.29, 0.717) is 5.92 Å². The van der Waals surface area contributed by atoms with Gasteiger partial charge in [0.05, 0.1) is 30.3 Å². The predicted octanol–water partition coefficient (Wildman–Crippen LogP) is 3.36. The fourth-order valence-corrected chi connectivity index (χ4v) is 4.38. The van der Waals surface area contributed by atoms with Crippen molar-refractivity contribution in [2.24, 2.45) is 0 Å². The molecule has 2 aromatic rings. The number of likely N-dealkylation sites (tertiary alicyclic amines) is 1. The van der Waals surface area contributed by atoms with Crippen molar-refractivity contribution in [1.29, 1.82) is 0 Å². The lowest BCUT2D eigenvalue weighted by Crippen LogP contribution is -2.34. The number of nitrogens with one attached hydrogen (secondary N) is 1. The Morgan fingerprint density at radius 3 is 2.39 bits per heavy atom. The molecule has 0 radical (unpaired) electrons. The van der Waals surface area contributed by atoms with Gasteiger partial charge < -0.3 is 15.0 Å². The largest absolute Gasteiger partial charge is 0.497 e. The van der Waals surface area contributed by atoms with E-state index in [-0.39, 0.29) is 5.91 Å². The van der Waals surface area contributed by atoms with Crippen LogP contribution < -0.4 is 10.1 Å². The lowest BCUT2D eigenvalue weighted by molar-refractivity contribution is 0.0759. The number of ether oxygens (including phenoxy) is 1. The van der Waals surface area contributed by atoms with Crippen LogP contribution in [0.5, 0.6) is 5.75 Å². The molecule has 1 N–H and O–H groups in total. The van der Waals surface area contributed by atoms with Crippen LogP contribution >= 0.6 is 0 Å². The van der Waals surface area contributed by atoms with Crippen LogP contribution in [0.15, 0.2) is 30.5 Å². The number of methoxy groups -OCH3 is 1. The zero-order valence-electron chi connectivity index (χ0n) is 16.7. The number of rotatable bonds is 4. The van der Waals surface area contributed by atoms with Crippen molar-refractivity contribution in [3.05, 3.63) is 41.7 Å². The van der Waals surface area contributed by atoms with E-state index in [2.05, 4.69) is 10.4 Å². The van der Waals surface area contributed by atoms with Gasteiger partial charge >= 0.3 is 0 Å². The predicted molar refractivity (Wildman–Crippen MR) is 109 cm³/mol. The molecule has 28 heavy (non-hydrogen) atoms. The van der Waals surface area contributed by atoms with E-state index in [9.17, 15) is 4.79 Å². The number of hydrogen-bond acceptors (Lipinski definition) is 4. The molecule has 2 aliphatic rings. The molecule has 1 amide bonds. The number of benzene rings is 1. The second-order valence-electron chi connectivity index (χ2n) is 7.78. The monoisotopic (exact) mass is 382 g/mol. The topological polar surface area (TPSA) is 59.4 Å². The average molecular weight is 383 g/mol. The first kappa shape index (κ1) is 19.0. The van der Waals surface area contributed by atoms with E-state index in [4.69, 9.17) is 4.74 Å². The molecule has 2 fully saturated rings. The molecule has 2 aliphatic heterocycles. The Hall–Kier alpha value is -2.34. The summed E-state index contributed by atoms with van der Waals surface area (Å²) in [6, 6.07) is 7.91. The zero-order chi connectivity index (χ0) is 19.3. The van der Waals surface area contributed by atoms with Crippen molar-refractivity contribution in [2.75, 3.05) is 33.3 Å². The fourth-order valence-electron chi connectivity index (χ4n) is 4.38. The van der Waals surface area contributed by atoms with Crippen LogP contribution in [0, 0.1) is 0 Å². The summed E-state index contributed by atoms with van der Waals surface area (Å²) in [4.78, 5) is 15.4. The third-order valence-corrected chi connectivity index (χ3v) is 5.97. The first-order valence-electron chi connectivity index (χ1n) is 10.5. The zero-order valence-corrected chi connectivity index (χ0v) is 16.7. The first-order valence-corrected chi connectivity index (χ1v) is 10.5. The molecule has 2 saturated heterocycles. The Morgan fingerprint density at radius 1 is 1.07 bits per heavy atom. The van der Waals surface area contributed by atoms with Crippen molar-refractivity contribution in [1.82, 2.24) is 20.0 Å². The molecule has 1 aromatic heterocycles. The van der Waals surface area contributed by atoms with Gasteiger partial charge in [-0.2, -0.15) is 5.10 Å². The second kappa shape index (κ2) is 8.78. The first-order chi connectivity index (χ1) is 13.8. The van der Waals surface area contributed by atoms with Crippen molar-refractivity contribution < 1.29 is 9.53 Å². The minimum Gasteiger partial charge on any atom is -0.497 e. The van der Waals surface area contributed by atoms with Gasteiger partial charge in [-0.15, -0.1) is 0 Å². The maximum absolute atomic E-state index is 13.4. The maximum Gasteiger partial charge on any atom is 0.257 e. The minimum absolute atomic E-state index is 0.148. The molecule has 6 heteroatoms. The molecule has 0 atom stereocenters. The highest BCUT2D eigenvalue weighted by atomic mass is 16.5. The van der Waals surface area contributed by atoms with Gasteiger partial charge in [-0.1, -0.05) is 12.8 Å². The lowest BCUT2D eigenvalue weighted by atomic mass is 9.91. The van der Waals surface area contributed by atoms with E-state index in [1.54, 1.807) is 13.3 Å². The summed E-state index contributed by atoms with van der Waals surface area (Å²) in [6.45, 7) is 3.68. The summed E-state index contributed by atoms with van der Waals surface area (Å²) in [5, 5.41) is 8.09. The minimum atomic E-state index is 0.148. The van der Waals surface area contributed by atoms with Gasteiger partial charge in [0.25, 0.3) is 5.91 Å². The molecule has 0 aliphatic carbocycles. The molecule has 4 rings (SSSR count). The summed E-state index contributed by atoms with van der Waals surface area (Å²) in [5.74, 6) is 1.31. The van der Waals surface area contributed by atoms with Crippen LogP contribution in [0.3, 0.4) is 0 Å². The van der Waals surface area contributed by atoms with Gasteiger partial charge in [0.2, 0.25) is 0 Å². The van der Waals surface area contributed by atoms with E-state index in [0.717, 1.165) is 74.6 Å². The Balaban J connectivity index is 1.71. The third kappa shape index (κ3) is 3.92. The summed E-state index contributed by atoms with van der Waals surface area (Å²) in [5.41, 5.74) is 2.83. The van der Waals surface area contributed by atoms with Crippen LogP contribution in [-0.2, 0) is 0 Å². The SMILES string of the molecule is COc1ccc(-n2ncc(C(=O)N3CCCCCC3)c2C2CCNCC2)cc1. The molecule has 6 nitrogen and oxygen atoms in total. The Labute approximate surface area is 166 Å². The smallest absolute Gasteiger partial charge is 0.257 e.